The lowest BCUT2D eigenvalue weighted by atomic mass is 10.1. The van der Waals surface area contributed by atoms with Gasteiger partial charge in [-0.25, -0.2) is 9.78 Å². The van der Waals surface area contributed by atoms with Gasteiger partial charge in [0.1, 0.15) is 12.0 Å². The number of nitrogens with one attached hydrogen (secondary N) is 2. The van der Waals surface area contributed by atoms with Gasteiger partial charge in [0.05, 0.1) is 35.2 Å². The van der Waals surface area contributed by atoms with Gasteiger partial charge >= 0.3 is 12.1 Å². The zero-order valence-corrected chi connectivity index (χ0v) is 19.3. The molecule has 3 N–H and O–H groups in total. The highest BCUT2D eigenvalue weighted by atomic mass is 19.4. The van der Waals surface area contributed by atoms with Crippen LogP contribution in [-0.2, 0) is 17.5 Å². The summed E-state index contributed by atoms with van der Waals surface area (Å²) in [4.78, 5) is 17.9. The maximum absolute atomic E-state index is 13.0. The van der Waals surface area contributed by atoms with Crippen LogP contribution in [0, 0.1) is 0 Å². The molecule has 2 aliphatic rings. The number of anilines is 3. The highest BCUT2D eigenvalue weighted by molar-refractivity contribution is 5.87. The monoisotopic (exact) mass is 498 g/mol. The van der Waals surface area contributed by atoms with Crippen LogP contribution in [0.4, 0.5) is 30.4 Å². The number of hydrogen-bond acceptors (Lipinski definition) is 6. The molecular weight excluding hydrogens is 473 g/mol. The van der Waals surface area contributed by atoms with Gasteiger partial charge < -0.3 is 25.4 Å². The second-order valence-electron chi connectivity index (χ2n) is 8.93. The Kier molecular flexibility index (Phi) is 6.44. The third-order valence-electron chi connectivity index (χ3n) is 6.48. The smallest absolute Gasteiger partial charge is 0.416 e. The molecular formula is C26H25F3N4O3. The number of halogens is 3. The number of pyridine rings is 1. The summed E-state index contributed by atoms with van der Waals surface area (Å²) < 4.78 is 45.0. The van der Waals surface area contributed by atoms with E-state index >= 15 is 0 Å². The number of carboxylic acid groups (broad SMARTS) is 1. The number of fused-ring (bicyclic) bond motifs is 1. The number of alkyl halides is 3. The molecule has 2 aromatic carbocycles. The summed E-state index contributed by atoms with van der Waals surface area (Å²) in [6, 6.07) is 14.2. The third-order valence-corrected chi connectivity index (χ3v) is 6.48. The molecule has 3 aromatic rings. The topological polar surface area (TPSA) is 86.7 Å². The summed E-state index contributed by atoms with van der Waals surface area (Å²) in [6.45, 7) is 1.92. The van der Waals surface area contributed by atoms with Crippen molar-refractivity contribution < 1.29 is 27.8 Å². The standard InChI is InChI=1S/C26H25F3N4O3/c27-26(28,29)19-5-6-21-22(13-19)32-24(31-21)18-4-7-23(30-14-18)33-10-8-20(9-11-33)36-15-16-2-1-3-17(12-16)25(34)35/h1-7,12-14,20,24,31-32H,8-11,15H2,(H,34,35). The minimum atomic E-state index is -4.39. The average molecular weight is 499 g/mol. The van der Waals surface area contributed by atoms with Crippen molar-refractivity contribution in [1.29, 1.82) is 0 Å². The van der Waals surface area contributed by atoms with Crippen molar-refractivity contribution in [2.45, 2.75) is 37.9 Å². The van der Waals surface area contributed by atoms with Crippen molar-refractivity contribution in [2.24, 2.45) is 0 Å². The lowest BCUT2D eigenvalue weighted by molar-refractivity contribution is -0.137. The molecule has 1 saturated heterocycles. The lowest BCUT2D eigenvalue weighted by Gasteiger charge is -2.33. The Morgan fingerprint density at radius 2 is 1.83 bits per heavy atom. The van der Waals surface area contributed by atoms with Crippen molar-refractivity contribution in [1.82, 2.24) is 4.98 Å². The fraction of sp³-hybridized carbons (Fsp3) is 0.308. The highest BCUT2D eigenvalue weighted by Crippen LogP contribution is 2.39. The van der Waals surface area contributed by atoms with Gasteiger partial charge in [-0.1, -0.05) is 12.1 Å². The number of rotatable bonds is 6. The van der Waals surface area contributed by atoms with Gasteiger partial charge in [-0.3, -0.25) is 0 Å². The Morgan fingerprint density at radius 3 is 2.53 bits per heavy atom. The van der Waals surface area contributed by atoms with Crippen LogP contribution >= 0.6 is 0 Å². The van der Waals surface area contributed by atoms with Crippen LogP contribution in [0.15, 0.2) is 60.8 Å². The van der Waals surface area contributed by atoms with Crippen molar-refractivity contribution in [3.8, 4) is 0 Å². The minimum Gasteiger partial charge on any atom is -0.478 e. The summed E-state index contributed by atoms with van der Waals surface area (Å²) >= 11 is 0. The quantitative estimate of drug-likeness (QED) is 0.413. The van der Waals surface area contributed by atoms with Crippen LogP contribution in [-0.4, -0.2) is 35.3 Å². The van der Waals surface area contributed by atoms with E-state index in [0.717, 1.165) is 55.0 Å². The maximum Gasteiger partial charge on any atom is 0.416 e. The molecule has 1 fully saturated rings. The van der Waals surface area contributed by atoms with Crippen molar-refractivity contribution in [3.05, 3.63) is 83.0 Å². The Balaban J connectivity index is 1.13. The Hall–Kier alpha value is -3.79. The molecule has 1 atom stereocenters. The first-order chi connectivity index (χ1) is 17.3. The Bertz CT molecular complexity index is 1240. The number of benzene rings is 2. The van der Waals surface area contributed by atoms with E-state index in [-0.39, 0.29) is 17.8 Å². The lowest BCUT2D eigenvalue weighted by Crippen LogP contribution is -2.37. The number of carbonyl (C=O) groups is 1. The van der Waals surface area contributed by atoms with Crippen LogP contribution in [0.1, 0.15) is 46.1 Å². The first-order valence-corrected chi connectivity index (χ1v) is 11.7. The molecule has 0 spiro atoms. The number of hydrogen-bond donors (Lipinski definition) is 3. The zero-order chi connectivity index (χ0) is 25.3. The molecule has 0 saturated carbocycles. The summed E-state index contributed by atoms with van der Waals surface area (Å²) in [5.74, 6) is -0.121. The number of aromatic carboxylic acids is 1. The molecule has 5 rings (SSSR count). The maximum atomic E-state index is 13.0. The zero-order valence-electron chi connectivity index (χ0n) is 19.3. The molecule has 1 aromatic heterocycles. The average Bonchev–Trinajstić information content (AvgIpc) is 3.31. The second-order valence-corrected chi connectivity index (χ2v) is 8.93. The van der Waals surface area contributed by atoms with E-state index in [9.17, 15) is 18.0 Å². The minimum absolute atomic E-state index is 0.0842. The molecule has 10 heteroatoms. The SMILES string of the molecule is O=C(O)c1cccc(COC2CCN(c3ccc(C4Nc5ccc(C(F)(F)F)cc5N4)cn3)CC2)c1. The number of piperidine rings is 1. The Labute approximate surface area is 205 Å². The first-order valence-electron chi connectivity index (χ1n) is 11.7. The van der Waals surface area contributed by atoms with Crippen LogP contribution in [0.2, 0.25) is 0 Å². The highest BCUT2D eigenvalue weighted by Gasteiger charge is 2.32. The van der Waals surface area contributed by atoms with Crippen LogP contribution in [0.25, 0.3) is 0 Å². The van der Waals surface area contributed by atoms with Crippen LogP contribution in [0.3, 0.4) is 0 Å². The molecule has 188 valence electrons. The van der Waals surface area contributed by atoms with Crippen molar-refractivity contribution >= 4 is 23.2 Å². The van der Waals surface area contributed by atoms with Gasteiger partial charge in [0.2, 0.25) is 0 Å². The largest absolute Gasteiger partial charge is 0.478 e. The molecule has 0 amide bonds. The summed E-state index contributed by atoms with van der Waals surface area (Å²) in [7, 11) is 0. The van der Waals surface area contributed by atoms with E-state index in [1.54, 1.807) is 24.4 Å². The number of nitrogens with zero attached hydrogens (tertiary/aromatic N) is 2. The summed E-state index contributed by atoms with van der Waals surface area (Å²) in [5, 5.41) is 15.4. The number of ether oxygens (including phenoxy) is 1. The van der Waals surface area contributed by atoms with Crippen LogP contribution < -0.4 is 15.5 Å². The molecule has 0 radical (unpaired) electrons. The molecule has 3 heterocycles. The molecule has 0 aliphatic carbocycles. The van der Waals surface area contributed by atoms with E-state index in [1.165, 1.54) is 6.07 Å². The van der Waals surface area contributed by atoms with Gasteiger partial charge in [0.15, 0.2) is 0 Å². The summed E-state index contributed by atoms with van der Waals surface area (Å²) in [5.41, 5.74) is 2.25. The van der Waals surface area contributed by atoms with Crippen molar-refractivity contribution in [2.75, 3.05) is 28.6 Å². The van der Waals surface area contributed by atoms with Crippen molar-refractivity contribution in [3.63, 3.8) is 0 Å². The van der Waals surface area contributed by atoms with E-state index in [0.29, 0.717) is 18.0 Å². The molecule has 1 unspecified atom stereocenters. The predicted molar refractivity (Wildman–Crippen MR) is 129 cm³/mol. The first kappa shape index (κ1) is 23.9. The van der Waals surface area contributed by atoms with Gasteiger partial charge in [-0.15, -0.1) is 0 Å². The fourth-order valence-electron chi connectivity index (χ4n) is 4.49. The van der Waals surface area contributed by atoms with Gasteiger partial charge in [-0.2, -0.15) is 13.2 Å². The Morgan fingerprint density at radius 1 is 1.06 bits per heavy atom. The molecule has 0 bridgehead atoms. The molecule has 7 nitrogen and oxygen atoms in total. The number of carboxylic acids is 1. The van der Waals surface area contributed by atoms with E-state index in [2.05, 4.69) is 20.5 Å². The van der Waals surface area contributed by atoms with Gasteiger partial charge in [-0.05, 0) is 60.9 Å². The van der Waals surface area contributed by atoms with E-state index in [1.807, 2.05) is 18.2 Å². The predicted octanol–water partition coefficient (Wildman–Crippen LogP) is 5.52. The third kappa shape index (κ3) is 5.23. The number of aromatic nitrogens is 1. The van der Waals surface area contributed by atoms with Gasteiger partial charge in [0.25, 0.3) is 0 Å². The van der Waals surface area contributed by atoms with E-state index in [4.69, 9.17) is 9.84 Å². The molecule has 36 heavy (non-hydrogen) atoms. The second kappa shape index (κ2) is 9.69. The molecule has 2 aliphatic heterocycles. The normalized spacial score (nSPS) is 17.9. The van der Waals surface area contributed by atoms with Gasteiger partial charge in [0, 0.05) is 24.8 Å². The van der Waals surface area contributed by atoms with Crippen LogP contribution in [0.5, 0.6) is 0 Å². The van der Waals surface area contributed by atoms with E-state index < -0.39 is 17.7 Å². The fourth-order valence-corrected chi connectivity index (χ4v) is 4.49. The summed E-state index contributed by atoms with van der Waals surface area (Å²) in [6.07, 6.45) is -1.28.